The van der Waals surface area contributed by atoms with Crippen molar-refractivity contribution in [3.8, 4) is 5.75 Å². The molecule has 2 unspecified atom stereocenters. The molecule has 1 aliphatic heterocycles. The van der Waals surface area contributed by atoms with E-state index in [1.807, 2.05) is 18.2 Å². The van der Waals surface area contributed by atoms with E-state index >= 15 is 0 Å². The zero-order chi connectivity index (χ0) is 16.8. The van der Waals surface area contributed by atoms with Gasteiger partial charge in [-0.25, -0.2) is 0 Å². The predicted molar refractivity (Wildman–Crippen MR) is 93.0 cm³/mol. The fourth-order valence-electron chi connectivity index (χ4n) is 3.49. The van der Waals surface area contributed by atoms with Crippen molar-refractivity contribution in [1.29, 1.82) is 0 Å². The number of aliphatic hydroxyl groups excluding tert-OH is 1. The van der Waals surface area contributed by atoms with E-state index in [0.717, 1.165) is 30.7 Å². The molecule has 0 radical (unpaired) electrons. The molecule has 132 valence electrons. The SMILES string of the molecule is O=C(CCc1cccc(OC2CCCC2)c1)NCC1CNCC1O. The molecule has 1 aliphatic carbocycles. The van der Waals surface area contributed by atoms with Crippen molar-refractivity contribution in [2.75, 3.05) is 19.6 Å². The number of hydrogen-bond acceptors (Lipinski definition) is 4. The molecule has 1 saturated carbocycles. The van der Waals surface area contributed by atoms with E-state index < -0.39 is 0 Å². The highest BCUT2D eigenvalue weighted by Crippen LogP contribution is 2.24. The third kappa shape index (κ3) is 4.95. The molecule has 0 bridgehead atoms. The Balaban J connectivity index is 1.41. The highest BCUT2D eigenvalue weighted by atomic mass is 16.5. The van der Waals surface area contributed by atoms with Crippen LogP contribution in [0.2, 0.25) is 0 Å². The summed E-state index contributed by atoms with van der Waals surface area (Å²) in [4.78, 5) is 12.0. The maximum Gasteiger partial charge on any atom is 0.220 e. The number of rotatable bonds is 7. The molecule has 5 nitrogen and oxygen atoms in total. The molecule has 0 spiro atoms. The van der Waals surface area contributed by atoms with E-state index in [4.69, 9.17) is 4.74 Å². The number of benzene rings is 1. The van der Waals surface area contributed by atoms with Gasteiger partial charge in [0.05, 0.1) is 12.2 Å². The van der Waals surface area contributed by atoms with Gasteiger partial charge in [0.25, 0.3) is 0 Å². The number of aliphatic hydroxyl groups is 1. The third-order valence-corrected chi connectivity index (χ3v) is 5.01. The minimum absolute atomic E-state index is 0.0382. The zero-order valence-electron chi connectivity index (χ0n) is 14.2. The minimum Gasteiger partial charge on any atom is -0.490 e. The Morgan fingerprint density at radius 1 is 1.29 bits per heavy atom. The van der Waals surface area contributed by atoms with Crippen molar-refractivity contribution in [3.63, 3.8) is 0 Å². The lowest BCUT2D eigenvalue weighted by Gasteiger charge is -2.15. The summed E-state index contributed by atoms with van der Waals surface area (Å²) in [5.74, 6) is 1.08. The Kier molecular flexibility index (Phi) is 6.10. The van der Waals surface area contributed by atoms with Crippen LogP contribution in [0.1, 0.15) is 37.7 Å². The van der Waals surface area contributed by atoms with E-state index in [-0.39, 0.29) is 17.9 Å². The molecule has 0 aromatic heterocycles. The molecule has 3 rings (SSSR count). The number of hydrogen-bond donors (Lipinski definition) is 3. The summed E-state index contributed by atoms with van der Waals surface area (Å²) in [6.07, 6.45) is 5.99. The number of amides is 1. The highest BCUT2D eigenvalue weighted by Gasteiger charge is 2.24. The van der Waals surface area contributed by atoms with E-state index in [1.165, 1.54) is 12.8 Å². The van der Waals surface area contributed by atoms with Gasteiger partial charge in [-0.3, -0.25) is 4.79 Å². The summed E-state index contributed by atoms with van der Waals surface area (Å²) in [5, 5.41) is 15.8. The van der Waals surface area contributed by atoms with Gasteiger partial charge in [0, 0.05) is 32.0 Å². The quantitative estimate of drug-likeness (QED) is 0.710. The van der Waals surface area contributed by atoms with Crippen LogP contribution < -0.4 is 15.4 Å². The van der Waals surface area contributed by atoms with E-state index in [2.05, 4.69) is 16.7 Å². The molecule has 1 heterocycles. The van der Waals surface area contributed by atoms with Gasteiger partial charge in [0.1, 0.15) is 5.75 Å². The van der Waals surface area contributed by atoms with Gasteiger partial charge in [0.2, 0.25) is 5.91 Å². The summed E-state index contributed by atoms with van der Waals surface area (Å²) in [5.41, 5.74) is 1.13. The number of aryl methyl sites for hydroxylation is 1. The normalized spacial score (nSPS) is 24.2. The van der Waals surface area contributed by atoms with Crippen LogP contribution in [0.25, 0.3) is 0 Å². The molecule has 2 atom stereocenters. The van der Waals surface area contributed by atoms with E-state index in [1.54, 1.807) is 0 Å². The molecule has 1 saturated heterocycles. The molecule has 24 heavy (non-hydrogen) atoms. The standard InChI is InChI=1S/C19H28N2O3/c22-18-13-20-11-15(18)12-21-19(23)9-8-14-4-3-7-17(10-14)24-16-5-1-2-6-16/h3-4,7,10,15-16,18,20,22H,1-2,5-6,8-9,11-13H2,(H,21,23). The molecule has 3 N–H and O–H groups in total. The topological polar surface area (TPSA) is 70.6 Å². The van der Waals surface area contributed by atoms with E-state index in [0.29, 0.717) is 32.0 Å². The molecule has 1 aromatic rings. The van der Waals surface area contributed by atoms with Gasteiger partial charge in [-0.2, -0.15) is 0 Å². The van der Waals surface area contributed by atoms with Crippen LogP contribution in [0, 0.1) is 5.92 Å². The molecular weight excluding hydrogens is 304 g/mol. The van der Waals surface area contributed by atoms with Gasteiger partial charge >= 0.3 is 0 Å². The van der Waals surface area contributed by atoms with Crippen LogP contribution >= 0.6 is 0 Å². The zero-order valence-corrected chi connectivity index (χ0v) is 14.2. The van der Waals surface area contributed by atoms with Crippen molar-refractivity contribution >= 4 is 5.91 Å². The van der Waals surface area contributed by atoms with Gasteiger partial charge in [-0.15, -0.1) is 0 Å². The maximum atomic E-state index is 12.0. The molecule has 1 aromatic carbocycles. The van der Waals surface area contributed by atoms with E-state index in [9.17, 15) is 9.90 Å². The molecule has 2 aliphatic rings. The fraction of sp³-hybridized carbons (Fsp3) is 0.632. The average molecular weight is 332 g/mol. The maximum absolute atomic E-state index is 12.0. The lowest BCUT2D eigenvalue weighted by Crippen LogP contribution is -2.34. The first-order valence-electron chi connectivity index (χ1n) is 9.12. The lowest BCUT2D eigenvalue weighted by atomic mass is 10.1. The summed E-state index contributed by atoms with van der Waals surface area (Å²) >= 11 is 0. The number of ether oxygens (including phenoxy) is 1. The molecule has 5 heteroatoms. The van der Waals surface area contributed by atoms with Crippen LogP contribution in [-0.2, 0) is 11.2 Å². The van der Waals surface area contributed by atoms with Gasteiger partial charge in [-0.1, -0.05) is 12.1 Å². The first-order chi connectivity index (χ1) is 11.7. The fourth-order valence-corrected chi connectivity index (χ4v) is 3.49. The predicted octanol–water partition coefficient (Wildman–Crippen LogP) is 1.64. The summed E-state index contributed by atoms with van der Waals surface area (Å²) < 4.78 is 6.01. The first kappa shape index (κ1) is 17.2. The summed E-state index contributed by atoms with van der Waals surface area (Å²) in [6.45, 7) is 1.92. The first-order valence-corrected chi connectivity index (χ1v) is 9.12. The molecule has 1 amide bonds. The van der Waals surface area contributed by atoms with Gasteiger partial charge in [0.15, 0.2) is 0 Å². The monoisotopic (exact) mass is 332 g/mol. The lowest BCUT2D eigenvalue weighted by molar-refractivity contribution is -0.121. The Morgan fingerprint density at radius 3 is 2.88 bits per heavy atom. The second-order valence-electron chi connectivity index (χ2n) is 6.96. The van der Waals surface area contributed by atoms with Crippen LogP contribution in [0.15, 0.2) is 24.3 Å². The second-order valence-corrected chi connectivity index (χ2v) is 6.96. The van der Waals surface area contributed by atoms with Gasteiger partial charge < -0.3 is 20.5 Å². The highest BCUT2D eigenvalue weighted by molar-refractivity contribution is 5.76. The second kappa shape index (κ2) is 8.49. The average Bonchev–Trinajstić information content (AvgIpc) is 3.23. The van der Waals surface area contributed by atoms with Crippen LogP contribution in [-0.4, -0.2) is 42.9 Å². The Hall–Kier alpha value is -1.59. The molecular formula is C19H28N2O3. The third-order valence-electron chi connectivity index (χ3n) is 5.01. The summed E-state index contributed by atoms with van der Waals surface area (Å²) in [7, 11) is 0. The number of nitrogens with one attached hydrogen (secondary N) is 2. The van der Waals surface area contributed by atoms with Crippen molar-refractivity contribution in [1.82, 2.24) is 10.6 Å². The van der Waals surface area contributed by atoms with Crippen molar-refractivity contribution < 1.29 is 14.6 Å². The number of carbonyl (C=O) groups excluding carboxylic acids is 1. The number of carbonyl (C=O) groups is 1. The smallest absolute Gasteiger partial charge is 0.220 e. The van der Waals surface area contributed by atoms with Crippen molar-refractivity contribution in [3.05, 3.63) is 29.8 Å². The van der Waals surface area contributed by atoms with Crippen LogP contribution in [0.3, 0.4) is 0 Å². The Morgan fingerprint density at radius 2 is 2.12 bits per heavy atom. The molecule has 2 fully saturated rings. The number of β-amino-alcohol motifs (C(OH)–C–C–N with tert-alkyl or cyclic N) is 1. The van der Waals surface area contributed by atoms with Crippen LogP contribution in [0.4, 0.5) is 0 Å². The largest absolute Gasteiger partial charge is 0.490 e. The van der Waals surface area contributed by atoms with Gasteiger partial charge in [-0.05, 0) is 49.8 Å². The van der Waals surface area contributed by atoms with Crippen molar-refractivity contribution in [2.24, 2.45) is 5.92 Å². The Bertz CT molecular complexity index is 543. The Labute approximate surface area is 143 Å². The summed E-state index contributed by atoms with van der Waals surface area (Å²) in [6, 6.07) is 8.09. The van der Waals surface area contributed by atoms with Crippen LogP contribution in [0.5, 0.6) is 5.75 Å². The minimum atomic E-state index is -0.352. The van der Waals surface area contributed by atoms with Crippen molar-refractivity contribution in [2.45, 2.75) is 50.7 Å².